The molecule has 0 fully saturated rings. The van der Waals surface area contributed by atoms with E-state index in [-0.39, 0.29) is 0 Å². The van der Waals surface area contributed by atoms with Crippen molar-refractivity contribution < 1.29 is 0 Å². The van der Waals surface area contributed by atoms with Gasteiger partial charge in [0.2, 0.25) is 0 Å². The summed E-state index contributed by atoms with van der Waals surface area (Å²) in [5.41, 5.74) is 5.96. The van der Waals surface area contributed by atoms with E-state index in [1.807, 2.05) is 0 Å². The van der Waals surface area contributed by atoms with Crippen molar-refractivity contribution >= 4 is 0 Å². The van der Waals surface area contributed by atoms with Gasteiger partial charge in [-0.25, -0.2) is 0 Å². The van der Waals surface area contributed by atoms with Gasteiger partial charge in [0.1, 0.15) is 0 Å². The lowest BCUT2D eigenvalue weighted by Gasteiger charge is -2.44. The van der Waals surface area contributed by atoms with E-state index >= 15 is 0 Å². The Hall–Kier alpha value is -2.60. The van der Waals surface area contributed by atoms with Crippen molar-refractivity contribution in [3.05, 3.63) is 119 Å². The smallest absolute Gasteiger partial charge is 0.0161 e. The normalized spacial score (nSPS) is 29.0. The maximum absolute atomic E-state index is 2.47. The van der Waals surface area contributed by atoms with Crippen LogP contribution in [-0.2, 0) is 0 Å². The molecule has 128 valence electrons. The molecule has 5 rings (SSSR count). The minimum Gasteiger partial charge on any atom is -0.0839 e. The Balaban J connectivity index is 1.71. The van der Waals surface area contributed by atoms with Gasteiger partial charge in [-0.05, 0) is 46.9 Å². The lowest BCUT2D eigenvalue weighted by atomic mass is 9.59. The van der Waals surface area contributed by atoms with Crippen LogP contribution in [-0.4, -0.2) is 0 Å². The van der Waals surface area contributed by atoms with Crippen molar-refractivity contribution in [1.82, 2.24) is 0 Å². The van der Waals surface area contributed by atoms with Crippen LogP contribution < -0.4 is 0 Å². The molecule has 0 bridgehead atoms. The van der Waals surface area contributed by atoms with Gasteiger partial charge in [-0.15, -0.1) is 0 Å². The van der Waals surface area contributed by atoms with Crippen LogP contribution >= 0.6 is 0 Å². The Labute approximate surface area is 156 Å². The van der Waals surface area contributed by atoms with Gasteiger partial charge in [-0.3, -0.25) is 0 Å². The second kappa shape index (κ2) is 6.61. The van der Waals surface area contributed by atoms with E-state index in [0.717, 1.165) is 0 Å². The molecule has 0 aromatic heterocycles. The van der Waals surface area contributed by atoms with E-state index in [2.05, 4.69) is 97.1 Å². The molecule has 4 atom stereocenters. The molecule has 2 aromatic rings. The van der Waals surface area contributed by atoms with Crippen LogP contribution in [0.1, 0.15) is 41.4 Å². The van der Waals surface area contributed by atoms with Crippen molar-refractivity contribution in [2.24, 2.45) is 11.8 Å². The highest BCUT2D eigenvalue weighted by Gasteiger charge is 2.42. The number of fused-ring (bicyclic) bond motifs is 2. The molecule has 2 aromatic carbocycles. The molecule has 0 nitrogen and oxygen atoms in total. The van der Waals surface area contributed by atoms with Crippen LogP contribution in [0.15, 0.2) is 103 Å². The van der Waals surface area contributed by atoms with E-state index in [1.165, 1.54) is 35.1 Å². The Morgan fingerprint density at radius 2 is 1.31 bits per heavy atom. The predicted octanol–water partition coefficient (Wildman–Crippen LogP) is 6.55. The maximum Gasteiger partial charge on any atom is 0.0161 e. The zero-order chi connectivity index (χ0) is 17.3. The number of benzene rings is 2. The largest absolute Gasteiger partial charge is 0.0839 e. The molecule has 3 aliphatic rings. The SMILES string of the molecule is C1=CC2C(C3=CCCC=C3)c3ccccc3C(c3ccccc3)C2C=C1. The van der Waals surface area contributed by atoms with Crippen molar-refractivity contribution in [2.45, 2.75) is 24.7 Å². The lowest BCUT2D eigenvalue weighted by molar-refractivity contribution is 0.359. The van der Waals surface area contributed by atoms with Crippen molar-refractivity contribution in [2.75, 3.05) is 0 Å². The van der Waals surface area contributed by atoms with Crippen LogP contribution in [0.5, 0.6) is 0 Å². The van der Waals surface area contributed by atoms with Gasteiger partial charge in [-0.2, -0.15) is 0 Å². The Kier molecular flexibility index (Phi) is 3.97. The third kappa shape index (κ3) is 2.52. The maximum atomic E-state index is 2.47. The summed E-state index contributed by atoms with van der Waals surface area (Å²) >= 11 is 0. The number of hydrogen-bond donors (Lipinski definition) is 0. The molecular formula is C26H24. The molecule has 0 saturated heterocycles. The fourth-order valence-corrected chi connectivity index (χ4v) is 5.13. The van der Waals surface area contributed by atoms with Crippen LogP contribution in [0.4, 0.5) is 0 Å². The summed E-state index contributed by atoms with van der Waals surface area (Å²) in [6.45, 7) is 0. The minimum atomic E-state index is 0.433. The second-order valence-electron chi connectivity index (χ2n) is 7.60. The highest BCUT2D eigenvalue weighted by atomic mass is 14.4. The molecule has 0 radical (unpaired) electrons. The zero-order valence-electron chi connectivity index (χ0n) is 15.0. The van der Waals surface area contributed by atoms with Crippen LogP contribution in [0.25, 0.3) is 0 Å². The van der Waals surface area contributed by atoms with E-state index < -0.39 is 0 Å². The standard InChI is InChI=1S/C26H24/c1-3-11-19(12-4-1)25-21-15-7-9-17-23(21)26(20-13-5-2-6-14-20)24-18-10-8-16-22(24)25/h1,3-5,7-18,21,23,25-26H,2,6H2. The lowest BCUT2D eigenvalue weighted by Crippen LogP contribution is -2.33. The first-order valence-electron chi connectivity index (χ1n) is 9.79. The quantitative estimate of drug-likeness (QED) is 0.583. The Morgan fingerprint density at radius 1 is 0.654 bits per heavy atom. The number of allylic oxidation sites excluding steroid dienone is 8. The molecule has 0 heteroatoms. The molecule has 4 unspecified atom stereocenters. The molecule has 0 aliphatic heterocycles. The molecule has 0 heterocycles. The number of rotatable bonds is 2. The predicted molar refractivity (Wildman–Crippen MR) is 109 cm³/mol. The van der Waals surface area contributed by atoms with Crippen LogP contribution in [0.3, 0.4) is 0 Å². The van der Waals surface area contributed by atoms with Gasteiger partial charge in [-0.1, -0.05) is 97.1 Å². The molecular weight excluding hydrogens is 312 g/mol. The van der Waals surface area contributed by atoms with Gasteiger partial charge in [0.15, 0.2) is 0 Å². The average molecular weight is 336 g/mol. The summed E-state index contributed by atoms with van der Waals surface area (Å²) in [6.07, 6.45) is 18.9. The second-order valence-corrected chi connectivity index (χ2v) is 7.60. The third-order valence-electron chi connectivity index (χ3n) is 6.20. The van der Waals surface area contributed by atoms with Gasteiger partial charge < -0.3 is 0 Å². The molecule has 0 saturated carbocycles. The highest BCUT2D eigenvalue weighted by Crippen LogP contribution is 2.54. The molecule has 0 spiro atoms. The van der Waals surface area contributed by atoms with Crippen molar-refractivity contribution in [3.8, 4) is 0 Å². The van der Waals surface area contributed by atoms with Gasteiger partial charge in [0.25, 0.3) is 0 Å². The fraction of sp³-hybridized carbons (Fsp3) is 0.231. The summed E-state index contributed by atoms with van der Waals surface area (Å²) in [6, 6.07) is 20.2. The van der Waals surface area contributed by atoms with E-state index in [0.29, 0.717) is 23.7 Å². The first-order chi connectivity index (χ1) is 12.9. The monoisotopic (exact) mass is 336 g/mol. The van der Waals surface area contributed by atoms with E-state index in [9.17, 15) is 0 Å². The van der Waals surface area contributed by atoms with Crippen LogP contribution in [0.2, 0.25) is 0 Å². The fourth-order valence-electron chi connectivity index (χ4n) is 5.13. The van der Waals surface area contributed by atoms with Gasteiger partial charge >= 0.3 is 0 Å². The minimum absolute atomic E-state index is 0.433. The third-order valence-corrected chi connectivity index (χ3v) is 6.20. The highest BCUT2D eigenvalue weighted by molar-refractivity contribution is 5.51. The van der Waals surface area contributed by atoms with Crippen LogP contribution in [0, 0.1) is 11.8 Å². The first kappa shape index (κ1) is 15.6. The number of hydrogen-bond acceptors (Lipinski definition) is 0. The topological polar surface area (TPSA) is 0 Å². The summed E-state index contributed by atoms with van der Waals surface area (Å²) in [5.74, 6) is 1.93. The van der Waals surface area contributed by atoms with Gasteiger partial charge in [0.05, 0.1) is 0 Å². The van der Waals surface area contributed by atoms with E-state index in [1.54, 1.807) is 0 Å². The summed E-state index contributed by atoms with van der Waals surface area (Å²) in [5, 5.41) is 0. The average Bonchev–Trinajstić information content (AvgIpc) is 2.73. The summed E-state index contributed by atoms with van der Waals surface area (Å²) in [4.78, 5) is 0. The Morgan fingerprint density at radius 3 is 2.00 bits per heavy atom. The molecule has 0 amide bonds. The van der Waals surface area contributed by atoms with E-state index in [4.69, 9.17) is 0 Å². The first-order valence-corrected chi connectivity index (χ1v) is 9.79. The van der Waals surface area contributed by atoms with Crippen molar-refractivity contribution in [1.29, 1.82) is 0 Å². The summed E-state index contributed by atoms with van der Waals surface area (Å²) < 4.78 is 0. The van der Waals surface area contributed by atoms with Crippen molar-refractivity contribution in [3.63, 3.8) is 0 Å². The Bertz CT molecular complexity index is 910. The zero-order valence-corrected chi connectivity index (χ0v) is 15.0. The summed E-state index contributed by atoms with van der Waals surface area (Å²) in [7, 11) is 0. The molecule has 26 heavy (non-hydrogen) atoms. The molecule has 0 N–H and O–H groups in total. The van der Waals surface area contributed by atoms with Gasteiger partial charge in [0, 0.05) is 11.8 Å². The molecule has 3 aliphatic carbocycles.